The van der Waals surface area contributed by atoms with Gasteiger partial charge in [-0.2, -0.15) is 0 Å². The van der Waals surface area contributed by atoms with Crippen LogP contribution in [0, 0.1) is 19.8 Å². The van der Waals surface area contributed by atoms with Crippen LogP contribution in [0.5, 0.6) is 0 Å². The molecule has 100 valence electrons. The van der Waals surface area contributed by atoms with E-state index < -0.39 is 0 Å². The molecule has 0 aromatic carbocycles. The predicted octanol–water partition coefficient (Wildman–Crippen LogP) is 1.48. The van der Waals surface area contributed by atoms with Crippen molar-refractivity contribution in [3.8, 4) is 0 Å². The summed E-state index contributed by atoms with van der Waals surface area (Å²) in [5.74, 6) is 0.396. The number of hydrogen-bond acceptors (Lipinski definition) is 4. The molecule has 0 spiro atoms. The zero-order valence-corrected chi connectivity index (χ0v) is 11.5. The van der Waals surface area contributed by atoms with Crippen LogP contribution in [0.1, 0.15) is 30.2 Å². The third kappa shape index (κ3) is 2.65. The number of likely N-dealkylation sites (tertiary alicyclic amines) is 1. The molecular weight excluding hydrogens is 226 g/mol. The standard InChI is InChI=1S/C14H23N3O/c1-9-6-16-13(10(2)14(9)15)8-17-5-4-12(7-17)11(3)18/h6,11-12,18H,4-5,7-8H2,1-3H3,(H2,15,16). The molecule has 4 heteroatoms. The van der Waals surface area contributed by atoms with Crippen molar-refractivity contribution in [2.45, 2.75) is 39.8 Å². The van der Waals surface area contributed by atoms with Gasteiger partial charge < -0.3 is 10.8 Å². The third-order valence-electron chi connectivity index (χ3n) is 4.04. The van der Waals surface area contributed by atoms with Gasteiger partial charge in [-0.25, -0.2) is 0 Å². The fraction of sp³-hybridized carbons (Fsp3) is 0.643. The highest BCUT2D eigenvalue weighted by atomic mass is 16.3. The van der Waals surface area contributed by atoms with Crippen LogP contribution < -0.4 is 5.73 Å². The van der Waals surface area contributed by atoms with Crippen molar-refractivity contribution in [1.29, 1.82) is 0 Å². The van der Waals surface area contributed by atoms with Crippen LogP contribution in [0.15, 0.2) is 6.20 Å². The molecule has 0 amide bonds. The second kappa shape index (κ2) is 5.24. The summed E-state index contributed by atoms with van der Waals surface area (Å²) < 4.78 is 0. The van der Waals surface area contributed by atoms with Crippen LogP contribution in [0.2, 0.25) is 0 Å². The number of aliphatic hydroxyl groups is 1. The Balaban J connectivity index is 2.05. The molecule has 2 atom stereocenters. The van der Waals surface area contributed by atoms with Crippen LogP contribution in [-0.4, -0.2) is 34.2 Å². The van der Waals surface area contributed by atoms with Gasteiger partial charge in [-0.05, 0) is 50.8 Å². The third-order valence-corrected chi connectivity index (χ3v) is 4.04. The number of aryl methyl sites for hydroxylation is 1. The van der Waals surface area contributed by atoms with Gasteiger partial charge in [0.2, 0.25) is 0 Å². The Morgan fingerprint density at radius 1 is 1.56 bits per heavy atom. The Hall–Kier alpha value is -1.13. The summed E-state index contributed by atoms with van der Waals surface area (Å²) >= 11 is 0. The van der Waals surface area contributed by atoms with Gasteiger partial charge in [0.15, 0.2) is 0 Å². The summed E-state index contributed by atoms with van der Waals surface area (Å²) in [6.07, 6.45) is 2.70. The van der Waals surface area contributed by atoms with Gasteiger partial charge in [0, 0.05) is 25.0 Å². The number of nitrogen functional groups attached to an aromatic ring is 1. The normalized spacial score (nSPS) is 22.3. The van der Waals surface area contributed by atoms with Crippen molar-refractivity contribution >= 4 is 5.69 Å². The topological polar surface area (TPSA) is 62.4 Å². The van der Waals surface area contributed by atoms with Crippen LogP contribution in [-0.2, 0) is 6.54 Å². The van der Waals surface area contributed by atoms with Crippen LogP contribution >= 0.6 is 0 Å². The number of hydrogen-bond donors (Lipinski definition) is 2. The number of aromatic nitrogens is 1. The van der Waals surface area contributed by atoms with E-state index in [4.69, 9.17) is 5.73 Å². The number of rotatable bonds is 3. The van der Waals surface area contributed by atoms with Gasteiger partial charge in [-0.15, -0.1) is 0 Å². The number of aliphatic hydroxyl groups excluding tert-OH is 1. The first kappa shape index (κ1) is 13.3. The second-order valence-electron chi connectivity index (χ2n) is 5.45. The van der Waals surface area contributed by atoms with E-state index in [1.165, 1.54) is 0 Å². The molecule has 2 heterocycles. The summed E-state index contributed by atoms with van der Waals surface area (Å²) in [5.41, 5.74) is 10.1. The van der Waals surface area contributed by atoms with Gasteiger partial charge in [0.05, 0.1) is 11.8 Å². The fourth-order valence-electron chi connectivity index (χ4n) is 2.56. The Labute approximate surface area is 109 Å². The van der Waals surface area contributed by atoms with Crippen molar-refractivity contribution in [1.82, 2.24) is 9.88 Å². The van der Waals surface area contributed by atoms with Crippen LogP contribution in [0.25, 0.3) is 0 Å². The first-order chi connectivity index (χ1) is 8.49. The largest absolute Gasteiger partial charge is 0.398 e. The Bertz CT molecular complexity index is 431. The molecule has 18 heavy (non-hydrogen) atoms. The molecule has 0 radical (unpaired) electrons. The lowest BCUT2D eigenvalue weighted by molar-refractivity contribution is 0.127. The van der Waals surface area contributed by atoms with E-state index >= 15 is 0 Å². The molecule has 0 aliphatic carbocycles. The highest BCUT2D eigenvalue weighted by Crippen LogP contribution is 2.24. The van der Waals surface area contributed by atoms with Crippen molar-refractivity contribution in [2.24, 2.45) is 5.92 Å². The zero-order chi connectivity index (χ0) is 13.3. The number of nitrogens with two attached hydrogens (primary N) is 1. The van der Waals surface area contributed by atoms with Crippen molar-refractivity contribution < 1.29 is 5.11 Å². The minimum absolute atomic E-state index is 0.216. The average Bonchev–Trinajstić information content (AvgIpc) is 2.79. The maximum atomic E-state index is 9.61. The van der Waals surface area contributed by atoms with Crippen molar-refractivity contribution in [3.63, 3.8) is 0 Å². The summed E-state index contributed by atoms with van der Waals surface area (Å²) in [4.78, 5) is 6.84. The molecule has 1 aromatic rings. The van der Waals surface area contributed by atoms with Crippen LogP contribution in [0.3, 0.4) is 0 Å². The Morgan fingerprint density at radius 2 is 2.28 bits per heavy atom. The lowest BCUT2D eigenvalue weighted by Gasteiger charge is -2.18. The fourth-order valence-corrected chi connectivity index (χ4v) is 2.56. The number of anilines is 1. The van der Waals surface area contributed by atoms with Gasteiger partial charge >= 0.3 is 0 Å². The van der Waals surface area contributed by atoms with Gasteiger partial charge in [0.1, 0.15) is 0 Å². The van der Waals surface area contributed by atoms with E-state index in [0.29, 0.717) is 5.92 Å². The van der Waals surface area contributed by atoms with Crippen molar-refractivity contribution in [2.75, 3.05) is 18.8 Å². The summed E-state index contributed by atoms with van der Waals surface area (Å²) in [5, 5.41) is 9.61. The molecule has 1 aliphatic heterocycles. The average molecular weight is 249 g/mol. The SMILES string of the molecule is Cc1cnc(CN2CCC(C(C)O)C2)c(C)c1N. The Morgan fingerprint density at radius 3 is 2.89 bits per heavy atom. The van der Waals surface area contributed by atoms with Crippen molar-refractivity contribution in [3.05, 3.63) is 23.0 Å². The molecule has 1 aromatic heterocycles. The minimum Gasteiger partial charge on any atom is -0.398 e. The van der Waals surface area contributed by atoms with Crippen LogP contribution in [0.4, 0.5) is 5.69 Å². The van der Waals surface area contributed by atoms with Gasteiger partial charge in [-0.3, -0.25) is 9.88 Å². The summed E-state index contributed by atoms with van der Waals surface area (Å²) in [6.45, 7) is 8.71. The van der Waals surface area contributed by atoms with E-state index in [2.05, 4.69) is 9.88 Å². The predicted molar refractivity (Wildman–Crippen MR) is 73.2 cm³/mol. The molecule has 1 fully saturated rings. The molecule has 0 saturated carbocycles. The maximum Gasteiger partial charge on any atom is 0.0593 e. The molecule has 0 bridgehead atoms. The summed E-state index contributed by atoms with van der Waals surface area (Å²) in [6, 6.07) is 0. The molecule has 2 unspecified atom stereocenters. The monoisotopic (exact) mass is 249 g/mol. The van der Waals surface area contributed by atoms with Gasteiger partial charge in [-0.1, -0.05) is 0 Å². The zero-order valence-electron chi connectivity index (χ0n) is 11.5. The van der Waals surface area contributed by atoms with E-state index in [9.17, 15) is 5.11 Å². The quantitative estimate of drug-likeness (QED) is 0.852. The van der Waals surface area contributed by atoms with E-state index in [1.54, 1.807) is 0 Å². The van der Waals surface area contributed by atoms with E-state index in [-0.39, 0.29) is 6.10 Å². The van der Waals surface area contributed by atoms with E-state index in [1.807, 2.05) is 27.0 Å². The van der Waals surface area contributed by atoms with Gasteiger partial charge in [0.25, 0.3) is 0 Å². The molecule has 1 aliphatic rings. The molecular formula is C14H23N3O. The summed E-state index contributed by atoms with van der Waals surface area (Å²) in [7, 11) is 0. The minimum atomic E-state index is -0.216. The maximum absolute atomic E-state index is 9.61. The lowest BCUT2D eigenvalue weighted by Crippen LogP contribution is -2.24. The Kier molecular flexibility index (Phi) is 3.88. The lowest BCUT2D eigenvalue weighted by atomic mass is 10.0. The molecule has 2 rings (SSSR count). The first-order valence-electron chi connectivity index (χ1n) is 6.60. The number of pyridine rings is 1. The molecule has 1 saturated heterocycles. The second-order valence-corrected chi connectivity index (χ2v) is 5.45. The van der Waals surface area contributed by atoms with E-state index in [0.717, 1.165) is 48.6 Å². The first-order valence-corrected chi connectivity index (χ1v) is 6.60. The molecule has 3 N–H and O–H groups in total. The molecule has 4 nitrogen and oxygen atoms in total. The highest BCUT2D eigenvalue weighted by molar-refractivity contribution is 5.53. The smallest absolute Gasteiger partial charge is 0.0593 e. The number of nitrogens with zero attached hydrogens (tertiary/aromatic N) is 2. The highest BCUT2D eigenvalue weighted by Gasteiger charge is 2.26.